The fraction of sp³-hybridized carbons (Fsp3) is 0.467. The summed E-state index contributed by atoms with van der Waals surface area (Å²) in [5.74, 6) is -1.38. The van der Waals surface area contributed by atoms with Crippen LogP contribution in [0.4, 0.5) is 0 Å². The molecule has 1 amide bonds. The molecule has 1 saturated carbocycles. The molecule has 2 rings (SSSR count). The quantitative estimate of drug-likeness (QED) is 0.885. The fourth-order valence-corrected chi connectivity index (χ4v) is 3.05. The van der Waals surface area contributed by atoms with E-state index in [1.54, 1.807) is 0 Å². The van der Waals surface area contributed by atoms with Gasteiger partial charge in [0.05, 0.1) is 12.0 Å². The van der Waals surface area contributed by atoms with Crippen LogP contribution in [0.2, 0.25) is 0 Å². The molecule has 108 valence electrons. The number of rotatable bonds is 4. The van der Waals surface area contributed by atoms with Crippen molar-refractivity contribution in [3.05, 3.63) is 34.3 Å². The first-order valence-corrected chi connectivity index (χ1v) is 7.55. The highest BCUT2D eigenvalue weighted by Crippen LogP contribution is 2.31. The van der Waals surface area contributed by atoms with E-state index in [1.165, 1.54) is 0 Å². The zero-order valence-electron chi connectivity index (χ0n) is 11.3. The minimum Gasteiger partial charge on any atom is -0.481 e. The third-order valence-corrected chi connectivity index (χ3v) is 4.35. The molecule has 0 spiro atoms. The molecule has 0 aromatic heterocycles. The molecule has 1 aliphatic rings. The Balaban J connectivity index is 1.93. The lowest BCUT2D eigenvalue weighted by Gasteiger charge is -2.17. The number of carboxylic acid groups (broad SMARTS) is 1. The van der Waals surface area contributed by atoms with Crippen molar-refractivity contribution in [2.45, 2.75) is 32.2 Å². The number of amides is 1. The summed E-state index contributed by atoms with van der Waals surface area (Å²) in [5.41, 5.74) is 1.03. The Bertz CT molecular complexity index is 518. The first-order valence-electron chi connectivity index (χ1n) is 6.76. The minimum absolute atomic E-state index is 0.0405. The van der Waals surface area contributed by atoms with Crippen LogP contribution in [0.5, 0.6) is 0 Å². The van der Waals surface area contributed by atoms with E-state index in [-0.39, 0.29) is 23.8 Å². The molecule has 20 heavy (non-hydrogen) atoms. The van der Waals surface area contributed by atoms with Gasteiger partial charge in [-0.3, -0.25) is 9.59 Å². The van der Waals surface area contributed by atoms with Crippen LogP contribution in [0.15, 0.2) is 28.7 Å². The molecular weight excluding hydrogens is 322 g/mol. The molecule has 0 saturated heterocycles. The van der Waals surface area contributed by atoms with E-state index in [1.807, 2.05) is 31.2 Å². The third-order valence-electron chi connectivity index (χ3n) is 3.86. The summed E-state index contributed by atoms with van der Waals surface area (Å²) in [4.78, 5) is 23.1. The number of carbonyl (C=O) groups excluding carboxylic acids is 1. The highest BCUT2D eigenvalue weighted by Gasteiger charge is 2.34. The number of hydrogen-bond acceptors (Lipinski definition) is 2. The number of carboxylic acids is 1. The fourth-order valence-electron chi connectivity index (χ4n) is 2.63. The Labute approximate surface area is 126 Å². The Morgan fingerprint density at radius 1 is 1.35 bits per heavy atom. The molecule has 1 aromatic carbocycles. The number of aliphatic carboxylic acids is 1. The Morgan fingerprint density at radius 3 is 2.65 bits per heavy atom. The Kier molecular flexibility index (Phi) is 4.81. The van der Waals surface area contributed by atoms with Crippen molar-refractivity contribution in [2.75, 3.05) is 0 Å². The summed E-state index contributed by atoms with van der Waals surface area (Å²) >= 11 is 3.41. The highest BCUT2D eigenvalue weighted by molar-refractivity contribution is 9.10. The van der Waals surface area contributed by atoms with Crippen LogP contribution in [0, 0.1) is 11.8 Å². The van der Waals surface area contributed by atoms with Gasteiger partial charge in [0.1, 0.15) is 0 Å². The molecule has 1 aliphatic carbocycles. The summed E-state index contributed by atoms with van der Waals surface area (Å²) in [5, 5.41) is 11.9. The van der Waals surface area contributed by atoms with Gasteiger partial charge in [-0.2, -0.15) is 0 Å². The van der Waals surface area contributed by atoms with Gasteiger partial charge in [0.2, 0.25) is 5.91 Å². The van der Waals surface area contributed by atoms with E-state index in [4.69, 9.17) is 5.11 Å². The van der Waals surface area contributed by atoms with Crippen molar-refractivity contribution in [1.29, 1.82) is 0 Å². The smallest absolute Gasteiger partial charge is 0.306 e. The second-order valence-corrected chi connectivity index (χ2v) is 6.25. The summed E-state index contributed by atoms with van der Waals surface area (Å²) in [7, 11) is 0. The van der Waals surface area contributed by atoms with Crippen molar-refractivity contribution in [1.82, 2.24) is 5.32 Å². The third kappa shape index (κ3) is 3.60. The normalized spacial score (nSPS) is 23.3. The predicted molar refractivity (Wildman–Crippen MR) is 79.2 cm³/mol. The lowest BCUT2D eigenvalue weighted by molar-refractivity contribution is -0.141. The Morgan fingerprint density at radius 2 is 2.05 bits per heavy atom. The van der Waals surface area contributed by atoms with E-state index < -0.39 is 5.97 Å². The highest BCUT2D eigenvalue weighted by atomic mass is 79.9. The maximum Gasteiger partial charge on any atom is 0.306 e. The first kappa shape index (κ1) is 15.0. The molecule has 0 bridgehead atoms. The maximum absolute atomic E-state index is 12.2. The van der Waals surface area contributed by atoms with E-state index in [2.05, 4.69) is 21.2 Å². The van der Waals surface area contributed by atoms with Crippen LogP contribution < -0.4 is 5.32 Å². The molecule has 0 unspecified atom stereocenters. The number of benzene rings is 1. The predicted octanol–water partition coefficient (Wildman–Crippen LogP) is 3.13. The minimum atomic E-state index is -0.791. The molecule has 1 aromatic rings. The Hall–Kier alpha value is -1.36. The van der Waals surface area contributed by atoms with Crippen LogP contribution in [-0.2, 0) is 9.59 Å². The van der Waals surface area contributed by atoms with E-state index >= 15 is 0 Å². The lowest BCUT2D eigenvalue weighted by Crippen LogP contribution is -2.32. The molecular formula is C15H18BrNO3. The van der Waals surface area contributed by atoms with Gasteiger partial charge < -0.3 is 10.4 Å². The van der Waals surface area contributed by atoms with Gasteiger partial charge in [0, 0.05) is 10.4 Å². The van der Waals surface area contributed by atoms with Gasteiger partial charge in [-0.1, -0.05) is 28.1 Å². The van der Waals surface area contributed by atoms with Crippen LogP contribution in [-0.4, -0.2) is 17.0 Å². The second kappa shape index (κ2) is 6.39. The van der Waals surface area contributed by atoms with Crippen molar-refractivity contribution in [3.8, 4) is 0 Å². The van der Waals surface area contributed by atoms with Gasteiger partial charge in [-0.25, -0.2) is 0 Å². The molecule has 4 nitrogen and oxygen atoms in total. The van der Waals surface area contributed by atoms with Gasteiger partial charge >= 0.3 is 5.97 Å². The monoisotopic (exact) mass is 339 g/mol. The summed E-state index contributed by atoms with van der Waals surface area (Å²) in [6.07, 6.45) is 1.71. The van der Waals surface area contributed by atoms with Crippen LogP contribution in [0.1, 0.15) is 37.8 Å². The molecule has 0 aliphatic heterocycles. The molecule has 0 heterocycles. The summed E-state index contributed by atoms with van der Waals surface area (Å²) in [6.45, 7) is 1.93. The molecule has 2 N–H and O–H groups in total. The van der Waals surface area contributed by atoms with Gasteiger partial charge in [0.15, 0.2) is 0 Å². The van der Waals surface area contributed by atoms with Crippen LogP contribution in [0.25, 0.3) is 0 Å². The van der Waals surface area contributed by atoms with Crippen molar-refractivity contribution in [3.63, 3.8) is 0 Å². The van der Waals surface area contributed by atoms with Crippen molar-refractivity contribution < 1.29 is 14.7 Å². The molecule has 1 fully saturated rings. The van der Waals surface area contributed by atoms with Crippen molar-refractivity contribution >= 4 is 27.8 Å². The average Bonchev–Trinajstić information content (AvgIpc) is 2.88. The largest absolute Gasteiger partial charge is 0.481 e. The van der Waals surface area contributed by atoms with Crippen LogP contribution in [0.3, 0.4) is 0 Å². The number of nitrogens with one attached hydrogen (secondary N) is 1. The van der Waals surface area contributed by atoms with Gasteiger partial charge in [0.25, 0.3) is 0 Å². The zero-order chi connectivity index (χ0) is 14.7. The standard InChI is InChI=1S/C15H18BrNO3/c1-9(10-3-2-4-13(16)8-10)17-14(18)11-5-6-12(7-11)15(19)20/h2-4,8-9,11-12H,5-7H2,1H3,(H,17,18)(H,19,20)/t9-,11+,12-/m0/s1. The summed E-state index contributed by atoms with van der Waals surface area (Å²) in [6, 6.07) is 7.72. The van der Waals surface area contributed by atoms with E-state index in [9.17, 15) is 9.59 Å². The number of carbonyl (C=O) groups is 2. The van der Waals surface area contributed by atoms with Gasteiger partial charge in [-0.15, -0.1) is 0 Å². The lowest BCUT2D eigenvalue weighted by atomic mass is 10.0. The van der Waals surface area contributed by atoms with Crippen molar-refractivity contribution in [2.24, 2.45) is 11.8 Å². The SMILES string of the molecule is C[C@H](NC(=O)[C@@H]1CC[C@H](C(=O)O)C1)c1cccc(Br)c1. The van der Waals surface area contributed by atoms with Gasteiger partial charge in [-0.05, 0) is 43.9 Å². The summed E-state index contributed by atoms with van der Waals surface area (Å²) < 4.78 is 0.975. The maximum atomic E-state index is 12.2. The molecule has 5 heteroatoms. The average molecular weight is 340 g/mol. The molecule has 3 atom stereocenters. The van der Waals surface area contributed by atoms with E-state index in [0.717, 1.165) is 10.0 Å². The molecule has 0 radical (unpaired) electrons. The van der Waals surface area contributed by atoms with E-state index in [0.29, 0.717) is 19.3 Å². The topological polar surface area (TPSA) is 66.4 Å². The zero-order valence-corrected chi connectivity index (χ0v) is 12.9. The number of halogens is 1. The number of hydrogen-bond donors (Lipinski definition) is 2. The second-order valence-electron chi connectivity index (χ2n) is 5.33. The van der Waals surface area contributed by atoms with Crippen LogP contribution >= 0.6 is 15.9 Å². The first-order chi connectivity index (χ1) is 9.47.